The predicted molar refractivity (Wildman–Crippen MR) is 90.7 cm³/mol. The zero-order valence-corrected chi connectivity index (χ0v) is 13.6. The van der Waals surface area contributed by atoms with Crippen LogP contribution in [-0.2, 0) is 0 Å². The highest BCUT2D eigenvalue weighted by atomic mass is 32.2. The van der Waals surface area contributed by atoms with Crippen LogP contribution in [0, 0.1) is 0 Å². The minimum Gasteiger partial charge on any atom is -0.338 e. The van der Waals surface area contributed by atoms with Gasteiger partial charge >= 0.3 is 0 Å². The molecule has 0 radical (unpaired) electrons. The third-order valence-corrected chi connectivity index (χ3v) is 6.04. The van der Waals surface area contributed by atoms with E-state index < -0.39 is 0 Å². The number of thioether (sulfide) groups is 1. The van der Waals surface area contributed by atoms with E-state index in [0.29, 0.717) is 6.04 Å². The molecule has 1 aliphatic heterocycles. The van der Waals surface area contributed by atoms with Crippen LogP contribution in [0.3, 0.4) is 0 Å². The van der Waals surface area contributed by atoms with Crippen molar-refractivity contribution in [3.63, 3.8) is 0 Å². The monoisotopic (exact) mass is 306 g/mol. The van der Waals surface area contributed by atoms with Gasteiger partial charge in [-0.1, -0.05) is 67.2 Å². The lowest BCUT2D eigenvalue weighted by Crippen LogP contribution is -2.49. The Morgan fingerprint density at radius 2 is 1.90 bits per heavy atom. The minimum absolute atomic E-state index is 0.361. The van der Waals surface area contributed by atoms with Gasteiger partial charge in [0.15, 0.2) is 0 Å². The van der Waals surface area contributed by atoms with E-state index in [0.717, 1.165) is 22.9 Å². The van der Waals surface area contributed by atoms with Crippen molar-refractivity contribution >= 4 is 28.3 Å². The molecule has 0 spiro atoms. The fourth-order valence-electron chi connectivity index (χ4n) is 3.20. The SMILES string of the molecule is CC(c1ccccc1)N1CN(C2CCCC2)CSC1=S. The van der Waals surface area contributed by atoms with Gasteiger partial charge in [-0.25, -0.2) is 0 Å². The third-order valence-electron chi connectivity index (χ3n) is 4.51. The first kappa shape index (κ1) is 14.4. The van der Waals surface area contributed by atoms with Crippen molar-refractivity contribution in [2.75, 3.05) is 12.5 Å². The highest BCUT2D eigenvalue weighted by molar-refractivity contribution is 8.22. The van der Waals surface area contributed by atoms with E-state index in [4.69, 9.17) is 12.2 Å². The standard InChI is InChI=1S/C16H22N2S2/c1-13(14-7-3-2-4-8-14)18-11-17(12-20-16(18)19)15-9-5-6-10-15/h2-4,7-8,13,15H,5-6,9-12H2,1H3. The zero-order chi connectivity index (χ0) is 13.9. The van der Waals surface area contributed by atoms with E-state index in [-0.39, 0.29) is 0 Å². The van der Waals surface area contributed by atoms with Crippen LogP contribution < -0.4 is 0 Å². The van der Waals surface area contributed by atoms with Gasteiger partial charge in [-0.15, -0.1) is 0 Å². The van der Waals surface area contributed by atoms with Gasteiger partial charge < -0.3 is 4.90 Å². The molecule has 1 unspecified atom stereocenters. The Morgan fingerprint density at radius 1 is 1.20 bits per heavy atom. The highest BCUT2D eigenvalue weighted by Gasteiger charge is 2.31. The van der Waals surface area contributed by atoms with E-state index in [1.165, 1.54) is 31.2 Å². The van der Waals surface area contributed by atoms with E-state index in [1.807, 2.05) is 11.8 Å². The van der Waals surface area contributed by atoms with Crippen LogP contribution in [0.5, 0.6) is 0 Å². The second kappa shape index (κ2) is 6.46. The smallest absolute Gasteiger partial charge is 0.139 e. The molecule has 1 saturated carbocycles. The molecule has 0 bridgehead atoms. The average Bonchev–Trinajstić information content (AvgIpc) is 3.02. The van der Waals surface area contributed by atoms with Crippen molar-refractivity contribution in [2.45, 2.75) is 44.7 Å². The van der Waals surface area contributed by atoms with Gasteiger partial charge in [-0.05, 0) is 25.3 Å². The van der Waals surface area contributed by atoms with E-state index in [2.05, 4.69) is 47.1 Å². The van der Waals surface area contributed by atoms with Gasteiger partial charge in [0.25, 0.3) is 0 Å². The van der Waals surface area contributed by atoms with Crippen molar-refractivity contribution in [3.05, 3.63) is 35.9 Å². The molecule has 20 heavy (non-hydrogen) atoms. The van der Waals surface area contributed by atoms with Crippen molar-refractivity contribution in [3.8, 4) is 0 Å². The summed E-state index contributed by atoms with van der Waals surface area (Å²) in [4.78, 5) is 5.00. The number of nitrogens with zero attached hydrogens (tertiary/aromatic N) is 2. The first-order chi connectivity index (χ1) is 9.75. The molecule has 2 nitrogen and oxygen atoms in total. The lowest BCUT2D eigenvalue weighted by molar-refractivity contribution is 0.137. The van der Waals surface area contributed by atoms with Gasteiger partial charge in [0, 0.05) is 6.04 Å². The summed E-state index contributed by atoms with van der Waals surface area (Å²) < 4.78 is 1.05. The van der Waals surface area contributed by atoms with Crippen molar-refractivity contribution in [2.24, 2.45) is 0 Å². The quantitative estimate of drug-likeness (QED) is 0.770. The van der Waals surface area contributed by atoms with Crippen molar-refractivity contribution in [1.82, 2.24) is 9.80 Å². The molecule has 0 N–H and O–H groups in total. The molecule has 3 rings (SSSR count). The summed E-state index contributed by atoms with van der Waals surface area (Å²) in [6.45, 7) is 3.26. The first-order valence-corrected chi connectivity index (χ1v) is 8.87. The molecule has 4 heteroatoms. The Labute approximate surface area is 131 Å². The number of rotatable bonds is 3. The van der Waals surface area contributed by atoms with Crippen molar-refractivity contribution < 1.29 is 0 Å². The molecule has 1 atom stereocenters. The van der Waals surface area contributed by atoms with E-state index in [9.17, 15) is 0 Å². The van der Waals surface area contributed by atoms with Crippen LogP contribution in [0.1, 0.15) is 44.2 Å². The van der Waals surface area contributed by atoms with E-state index in [1.54, 1.807) is 0 Å². The summed E-state index contributed by atoms with van der Waals surface area (Å²) >= 11 is 7.42. The maximum absolute atomic E-state index is 5.59. The lowest BCUT2D eigenvalue weighted by Gasteiger charge is -2.42. The highest BCUT2D eigenvalue weighted by Crippen LogP contribution is 2.32. The maximum atomic E-state index is 5.59. The van der Waals surface area contributed by atoms with Gasteiger partial charge in [0.05, 0.1) is 18.6 Å². The topological polar surface area (TPSA) is 6.48 Å². The molecular formula is C16H22N2S2. The largest absolute Gasteiger partial charge is 0.338 e. The molecule has 1 aromatic carbocycles. The van der Waals surface area contributed by atoms with Gasteiger partial charge in [0.2, 0.25) is 0 Å². The molecule has 0 amide bonds. The number of hydrogen-bond donors (Lipinski definition) is 0. The Morgan fingerprint density at radius 3 is 2.60 bits per heavy atom. The third kappa shape index (κ3) is 3.02. The normalized spacial score (nSPS) is 23.2. The van der Waals surface area contributed by atoms with Crippen LogP contribution in [0.15, 0.2) is 30.3 Å². The minimum atomic E-state index is 0.361. The van der Waals surface area contributed by atoms with E-state index >= 15 is 0 Å². The number of hydrogen-bond acceptors (Lipinski definition) is 3. The van der Waals surface area contributed by atoms with Crippen LogP contribution in [0.4, 0.5) is 0 Å². The summed E-state index contributed by atoms with van der Waals surface area (Å²) in [5.41, 5.74) is 1.35. The Bertz CT molecular complexity index is 457. The fourth-order valence-corrected chi connectivity index (χ4v) is 4.52. The lowest BCUT2D eigenvalue weighted by atomic mass is 10.1. The molecular weight excluding hydrogens is 284 g/mol. The summed E-state index contributed by atoms with van der Waals surface area (Å²) in [6.07, 6.45) is 5.51. The zero-order valence-electron chi connectivity index (χ0n) is 12.0. The summed E-state index contributed by atoms with van der Waals surface area (Å²) in [7, 11) is 0. The molecule has 108 valence electrons. The Balaban J connectivity index is 1.71. The van der Waals surface area contributed by atoms with Crippen LogP contribution in [0.25, 0.3) is 0 Å². The van der Waals surface area contributed by atoms with Crippen LogP contribution in [-0.4, -0.2) is 32.7 Å². The van der Waals surface area contributed by atoms with Gasteiger partial charge in [-0.2, -0.15) is 0 Å². The molecule has 1 heterocycles. The molecule has 1 saturated heterocycles. The van der Waals surface area contributed by atoms with Gasteiger partial charge in [0.1, 0.15) is 4.32 Å². The maximum Gasteiger partial charge on any atom is 0.139 e. The Hall–Kier alpha value is -0.580. The second-order valence-electron chi connectivity index (χ2n) is 5.76. The second-order valence-corrected chi connectivity index (χ2v) is 7.34. The fraction of sp³-hybridized carbons (Fsp3) is 0.562. The molecule has 1 aromatic rings. The average molecular weight is 306 g/mol. The Kier molecular flexibility index (Phi) is 4.64. The van der Waals surface area contributed by atoms with Crippen LogP contribution in [0.2, 0.25) is 0 Å². The predicted octanol–water partition coefficient (Wildman–Crippen LogP) is 4.24. The number of benzene rings is 1. The molecule has 2 aliphatic rings. The number of thiocarbonyl (C=S) groups is 1. The molecule has 0 aromatic heterocycles. The summed E-state index contributed by atoms with van der Waals surface area (Å²) in [5, 5.41) is 0. The summed E-state index contributed by atoms with van der Waals surface area (Å²) in [5.74, 6) is 1.07. The van der Waals surface area contributed by atoms with Crippen LogP contribution >= 0.6 is 24.0 Å². The summed E-state index contributed by atoms with van der Waals surface area (Å²) in [6, 6.07) is 11.8. The molecule has 2 fully saturated rings. The van der Waals surface area contributed by atoms with Crippen molar-refractivity contribution in [1.29, 1.82) is 0 Å². The molecule has 1 aliphatic carbocycles. The first-order valence-electron chi connectivity index (χ1n) is 7.48. The van der Waals surface area contributed by atoms with Gasteiger partial charge in [-0.3, -0.25) is 4.90 Å².